The molecular formula is C13H16Cl2N2. The van der Waals surface area contributed by atoms with Gasteiger partial charge < -0.3 is 5.32 Å². The highest BCUT2D eigenvalue weighted by Crippen LogP contribution is 2.36. The molecule has 92 valence electrons. The van der Waals surface area contributed by atoms with Crippen molar-refractivity contribution < 1.29 is 0 Å². The van der Waals surface area contributed by atoms with Crippen molar-refractivity contribution in [2.24, 2.45) is 0 Å². The highest BCUT2D eigenvalue weighted by Gasteiger charge is 2.27. The Hall–Kier alpha value is -0.440. The Morgan fingerprint density at radius 2 is 2.06 bits per heavy atom. The largest absolute Gasteiger partial charge is 0.369 e. The first-order valence-electron chi connectivity index (χ1n) is 6.22. The van der Waals surface area contributed by atoms with E-state index in [9.17, 15) is 0 Å². The third-order valence-corrected chi connectivity index (χ3v) is 4.26. The second-order valence-corrected chi connectivity index (χ2v) is 5.74. The maximum Gasteiger partial charge on any atom is 0.0796 e. The van der Waals surface area contributed by atoms with E-state index in [4.69, 9.17) is 23.2 Å². The van der Waals surface area contributed by atoms with Crippen LogP contribution in [-0.2, 0) is 6.54 Å². The molecule has 17 heavy (non-hydrogen) atoms. The second-order valence-electron chi connectivity index (χ2n) is 4.89. The molecule has 1 aromatic rings. The van der Waals surface area contributed by atoms with Crippen LogP contribution in [0.15, 0.2) is 12.1 Å². The van der Waals surface area contributed by atoms with Crippen LogP contribution < -0.4 is 5.32 Å². The van der Waals surface area contributed by atoms with Crippen molar-refractivity contribution in [2.75, 3.05) is 11.9 Å². The molecule has 1 atom stereocenters. The molecule has 2 aliphatic rings. The van der Waals surface area contributed by atoms with Crippen LogP contribution in [0.1, 0.15) is 31.2 Å². The van der Waals surface area contributed by atoms with Crippen molar-refractivity contribution in [3.63, 3.8) is 0 Å². The quantitative estimate of drug-likeness (QED) is 0.763. The van der Waals surface area contributed by atoms with Gasteiger partial charge in [0.25, 0.3) is 0 Å². The van der Waals surface area contributed by atoms with Gasteiger partial charge in [0.2, 0.25) is 0 Å². The van der Waals surface area contributed by atoms with Gasteiger partial charge in [-0.3, -0.25) is 4.90 Å². The minimum atomic E-state index is 0.458. The zero-order valence-corrected chi connectivity index (χ0v) is 11.2. The average Bonchev–Trinajstić information content (AvgIpc) is 2.51. The molecule has 0 aromatic heterocycles. The van der Waals surface area contributed by atoms with Gasteiger partial charge in [-0.2, -0.15) is 0 Å². The predicted octanol–water partition coefficient (Wildman–Crippen LogP) is 4.12. The van der Waals surface area contributed by atoms with Crippen molar-refractivity contribution in [3.05, 3.63) is 27.7 Å². The molecule has 0 spiro atoms. The maximum absolute atomic E-state index is 6.27. The lowest BCUT2D eigenvalue weighted by atomic mass is 10.1. The van der Waals surface area contributed by atoms with Crippen molar-refractivity contribution in [3.8, 4) is 0 Å². The van der Waals surface area contributed by atoms with Crippen molar-refractivity contribution in [2.45, 2.75) is 38.4 Å². The van der Waals surface area contributed by atoms with E-state index in [0.717, 1.165) is 23.8 Å². The summed E-state index contributed by atoms with van der Waals surface area (Å²) in [6.45, 7) is 2.11. The molecule has 0 bridgehead atoms. The van der Waals surface area contributed by atoms with Crippen molar-refractivity contribution in [1.82, 2.24) is 4.90 Å². The molecule has 2 heterocycles. The maximum atomic E-state index is 6.27. The molecule has 0 amide bonds. The zero-order valence-electron chi connectivity index (χ0n) is 9.68. The van der Waals surface area contributed by atoms with E-state index in [1.807, 2.05) is 12.1 Å². The summed E-state index contributed by atoms with van der Waals surface area (Å²) in [6, 6.07) is 3.83. The van der Waals surface area contributed by atoms with Crippen LogP contribution >= 0.6 is 23.2 Å². The second kappa shape index (κ2) is 4.68. The lowest BCUT2D eigenvalue weighted by molar-refractivity contribution is 0.202. The molecular weight excluding hydrogens is 255 g/mol. The number of rotatable bonds is 0. The van der Waals surface area contributed by atoms with E-state index < -0.39 is 0 Å². The number of nitrogens with one attached hydrogen (secondary N) is 1. The molecule has 1 fully saturated rings. The van der Waals surface area contributed by atoms with Crippen LogP contribution in [-0.4, -0.2) is 17.6 Å². The Morgan fingerprint density at radius 3 is 2.94 bits per heavy atom. The molecule has 2 aliphatic heterocycles. The van der Waals surface area contributed by atoms with Gasteiger partial charge in [0.1, 0.15) is 0 Å². The Bertz CT molecular complexity index is 434. The van der Waals surface area contributed by atoms with Gasteiger partial charge >= 0.3 is 0 Å². The predicted molar refractivity (Wildman–Crippen MR) is 72.8 cm³/mol. The molecule has 2 nitrogen and oxygen atoms in total. The smallest absolute Gasteiger partial charge is 0.0796 e. The Labute approximate surface area is 112 Å². The Morgan fingerprint density at radius 1 is 1.18 bits per heavy atom. The fraction of sp³-hybridized carbons (Fsp3) is 0.538. The van der Waals surface area contributed by atoms with E-state index in [-0.39, 0.29) is 0 Å². The molecule has 3 rings (SSSR count). The van der Waals surface area contributed by atoms with E-state index in [2.05, 4.69) is 10.2 Å². The molecule has 1 saturated heterocycles. The topological polar surface area (TPSA) is 15.3 Å². The zero-order chi connectivity index (χ0) is 11.8. The Kier molecular flexibility index (Phi) is 3.20. The van der Waals surface area contributed by atoms with Crippen LogP contribution in [0.25, 0.3) is 0 Å². The lowest BCUT2D eigenvalue weighted by Gasteiger charge is -2.37. The third kappa shape index (κ3) is 2.26. The monoisotopic (exact) mass is 270 g/mol. The summed E-state index contributed by atoms with van der Waals surface area (Å²) >= 11 is 12.3. The van der Waals surface area contributed by atoms with Gasteiger partial charge in [0.15, 0.2) is 0 Å². The standard InChI is InChI=1S/C13H16Cl2N2/c14-9-6-11(15)10-8-17-5-3-1-2-4-13(17)16-12(10)7-9/h6-7,13,16H,1-5,8H2. The Balaban J connectivity index is 1.95. The number of anilines is 1. The summed E-state index contributed by atoms with van der Waals surface area (Å²) < 4.78 is 0. The lowest BCUT2D eigenvalue weighted by Crippen LogP contribution is -2.43. The van der Waals surface area contributed by atoms with Crippen LogP contribution in [0.3, 0.4) is 0 Å². The van der Waals surface area contributed by atoms with Gasteiger partial charge in [0, 0.05) is 34.4 Å². The van der Waals surface area contributed by atoms with Gasteiger partial charge in [0.05, 0.1) is 6.17 Å². The van der Waals surface area contributed by atoms with Crippen LogP contribution in [0.4, 0.5) is 5.69 Å². The van der Waals surface area contributed by atoms with E-state index in [1.165, 1.54) is 31.2 Å². The van der Waals surface area contributed by atoms with Crippen molar-refractivity contribution in [1.29, 1.82) is 0 Å². The number of hydrogen-bond donors (Lipinski definition) is 1. The summed E-state index contributed by atoms with van der Waals surface area (Å²) in [6.07, 6.45) is 5.60. The minimum absolute atomic E-state index is 0.458. The summed E-state index contributed by atoms with van der Waals surface area (Å²) in [5.74, 6) is 0. The number of fused-ring (bicyclic) bond motifs is 2. The first-order chi connectivity index (χ1) is 8.24. The summed E-state index contributed by atoms with van der Waals surface area (Å²) in [5, 5.41) is 5.07. The summed E-state index contributed by atoms with van der Waals surface area (Å²) in [5.41, 5.74) is 2.31. The highest BCUT2D eigenvalue weighted by molar-refractivity contribution is 6.35. The summed E-state index contributed by atoms with van der Waals surface area (Å²) in [4.78, 5) is 2.50. The SMILES string of the molecule is Clc1cc(Cl)c2c(c1)NC1CCCCCN1C2. The van der Waals surface area contributed by atoms with Gasteiger partial charge in [-0.25, -0.2) is 0 Å². The highest BCUT2D eigenvalue weighted by atomic mass is 35.5. The first-order valence-corrected chi connectivity index (χ1v) is 6.98. The van der Waals surface area contributed by atoms with Crippen LogP contribution in [0.5, 0.6) is 0 Å². The number of halogens is 2. The fourth-order valence-electron chi connectivity index (χ4n) is 2.80. The average molecular weight is 271 g/mol. The normalized spacial score (nSPS) is 24.5. The van der Waals surface area contributed by atoms with E-state index in [0.29, 0.717) is 11.2 Å². The number of benzene rings is 1. The van der Waals surface area contributed by atoms with Gasteiger partial charge in [-0.15, -0.1) is 0 Å². The van der Waals surface area contributed by atoms with Crippen LogP contribution in [0, 0.1) is 0 Å². The van der Waals surface area contributed by atoms with Gasteiger partial charge in [-0.1, -0.05) is 36.0 Å². The molecule has 1 aromatic carbocycles. The van der Waals surface area contributed by atoms with E-state index in [1.54, 1.807) is 0 Å². The van der Waals surface area contributed by atoms with E-state index >= 15 is 0 Å². The number of hydrogen-bond acceptors (Lipinski definition) is 2. The summed E-state index contributed by atoms with van der Waals surface area (Å²) in [7, 11) is 0. The fourth-order valence-corrected chi connectivity index (χ4v) is 3.35. The molecule has 1 N–H and O–H groups in total. The number of nitrogens with zero attached hydrogens (tertiary/aromatic N) is 1. The third-order valence-electron chi connectivity index (χ3n) is 3.71. The molecule has 4 heteroatoms. The van der Waals surface area contributed by atoms with Crippen molar-refractivity contribution >= 4 is 28.9 Å². The molecule has 1 unspecified atom stereocenters. The first kappa shape index (κ1) is 11.6. The molecule has 0 radical (unpaired) electrons. The molecule has 0 aliphatic carbocycles. The minimum Gasteiger partial charge on any atom is -0.369 e. The van der Waals surface area contributed by atoms with Gasteiger partial charge in [-0.05, 0) is 25.0 Å². The molecule has 0 saturated carbocycles. The van der Waals surface area contributed by atoms with Crippen LogP contribution in [0.2, 0.25) is 10.0 Å².